The zero-order chi connectivity index (χ0) is 14.8. The highest BCUT2D eigenvalue weighted by Crippen LogP contribution is 2.17. The summed E-state index contributed by atoms with van der Waals surface area (Å²) < 4.78 is 10.6. The van der Waals surface area contributed by atoms with Crippen LogP contribution in [-0.4, -0.2) is 32.3 Å². The monoisotopic (exact) mass is 280 g/mol. The van der Waals surface area contributed by atoms with Crippen molar-refractivity contribution in [2.24, 2.45) is 0 Å². The predicted molar refractivity (Wildman–Crippen MR) is 80.8 cm³/mol. The van der Waals surface area contributed by atoms with E-state index in [1.54, 1.807) is 12.1 Å². The molecule has 0 spiro atoms. The molecule has 1 rings (SSSR count). The number of hydrogen-bond donors (Lipinski definition) is 2. The zero-order valence-electron chi connectivity index (χ0n) is 12.3. The third-order valence-electron chi connectivity index (χ3n) is 2.77. The van der Waals surface area contributed by atoms with Gasteiger partial charge in [-0.3, -0.25) is 4.79 Å². The minimum atomic E-state index is -0.175. The molecule has 0 aliphatic rings. The van der Waals surface area contributed by atoms with Gasteiger partial charge >= 0.3 is 0 Å². The molecule has 3 N–H and O–H groups in total. The van der Waals surface area contributed by atoms with Gasteiger partial charge in [-0.2, -0.15) is 0 Å². The minimum absolute atomic E-state index is 0.0287. The van der Waals surface area contributed by atoms with E-state index in [1.807, 2.05) is 13.0 Å². The Kier molecular flexibility index (Phi) is 7.69. The summed E-state index contributed by atoms with van der Waals surface area (Å²) in [5, 5.41) is 2.79. The van der Waals surface area contributed by atoms with Crippen molar-refractivity contribution < 1.29 is 14.3 Å². The molecule has 112 valence electrons. The standard InChI is InChI=1S/C15H24N2O3/c1-3-4-7-19-8-9-20-11-15(18)17-14-6-5-13(16)10-12(14)2/h5-6,10H,3-4,7-9,11,16H2,1-2H3,(H,17,18). The fourth-order valence-electron chi connectivity index (χ4n) is 1.64. The van der Waals surface area contributed by atoms with Crippen molar-refractivity contribution >= 4 is 17.3 Å². The highest BCUT2D eigenvalue weighted by Gasteiger charge is 2.05. The van der Waals surface area contributed by atoms with Gasteiger partial charge in [-0.25, -0.2) is 0 Å². The van der Waals surface area contributed by atoms with Gasteiger partial charge in [0.15, 0.2) is 0 Å². The van der Waals surface area contributed by atoms with Crippen LogP contribution >= 0.6 is 0 Å². The number of carbonyl (C=O) groups excluding carboxylic acids is 1. The van der Waals surface area contributed by atoms with Gasteiger partial charge in [0.25, 0.3) is 0 Å². The van der Waals surface area contributed by atoms with E-state index in [4.69, 9.17) is 15.2 Å². The first kappa shape index (κ1) is 16.5. The first-order valence-corrected chi connectivity index (χ1v) is 6.95. The molecule has 0 saturated carbocycles. The largest absolute Gasteiger partial charge is 0.399 e. The van der Waals surface area contributed by atoms with Gasteiger partial charge in [0.2, 0.25) is 5.91 Å². The zero-order valence-corrected chi connectivity index (χ0v) is 12.3. The Hall–Kier alpha value is -1.59. The lowest BCUT2D eigenvalue weighted by molar-refractivity contribution is -0.121. The van der Waals surface area contributed by atoms with Crippen LogP contribution in [0.2, 0.25) is 0 Å². The molecular formula is C15H24N2O3. The highest BCUT2D eigenvalue weighted by molar-refractivity contribution is 5.92. The van der Waals surface area contributed by atoms with E-state index in [-0.39, 0.29) is 12.5 Å². The number of nitrogen functional groups attached to an aromatic ring is 1. The molecule has 0 aliphatic carbocycles. The SMILES string of the molecule is CCCCOCCOCC(=O)Nc1ccc(N)cc1C. The Balaban J connectivity index is 2.17. The molecule has 5 nitrogen and oxygen atoms in total. The van der Waals surface area contributed by atoms with Crippen LogP contribution in [0.15, 0.2) is 18.2 Å². The number of benzene rings is 1. The quantitative estimate of drug-likeness (QED) is 0.538. The van der Waals surface area contributed by atoms with Crippen LogP contribution in [0, 0.1) is 6.92 Å². The van der Waals surface area contributed by atoms with Crippen molar-refractivity contribution in [2.75, 3.05) is 37.5 Å². The highest BCUT2D eigenvalue weighted by atomic mass is 16.5. The maximum atomic E-state index is 11.7. The average Bonchev–Trinajstić information content (AvgIpc) is 2.41. The molecule has 0 radical (unpaired) electrons. The van der Waals surface area contributed by atoms with Gasteiger partial charge < -0.3 is 20.5 Å². The number of anilines is 2. The van der Waals surface area contributed by atoms with Crippen molar-refractivity contribution in [1.82, 2.24) is 0 Å². The van der Waals surface area contributed by atoms with Crippen molar-refractivity contribution in [3.63, 3.8) is 0 Å². The number of hydrogen-bond acceptors (Lipinski definition) is 4. The molecule has 0 heterocycles. The predicted octanol–water partition coefficient (Wildman–Crippen LogP) is 2.35. The molecule has 0 fully saturated rings. The van der Waals surface area contributed by atoms with E-state index in [9.17, 15) is 4.79 Å². The third-order valence-corrected chi connectivity index (χ3v) is 2.77. The maximum Gasteiger partial charge on any atom is 0.250 e. The van der Waals surface area contributed by atoms with Gasteiger partial charge in [-0.05, 0) is 37.1 Å². The summed E-state index contributed by atoms with van der Waals surface area (Å²) in [6.45, 7) is 5.74. The molecule has 0 atom stereocenters. The van der Waals surface area contributed by atoms with Crippen molar-refractivity contribution in [1.29, 1.82) is 0 Å². The number of rotatable bonds is 9. The fourth-order valence-corrected chi connectivity index (χ4v) is 1.64. The summed E-state index contributed by atoms with van der Waals surface area (Å²) >= 11 is 0. The topological polar surface area (TPSA) is 73.6 Å². The summed E-state index contributed by atoms with van der Waals surface area (Å²) in [5.41, 5.74) is 8.02. The van der Waals surface area contributed by atoms with Crippen LogP contribution in [-0.2, 0) is 14.3 Å². The Morgan fingerprint density at radius 3 is 2.70 bits per heavy atom. The first-order chi connectivity index (χ1) is 9.63. The summed E-state index contributed by atoms with van der Waals surface area (Å²) in [5.74, 6) is -0.175. The summed E-state index contributed by atoms with van der Waals surface area (Å²) in [6.07, 6.45) is 2.17. The molecule has 0 bridgehead atoms. The molecule has 0 saturated heterocycles. The molecule has 0 aromatic heterocycles. The van der Waals surface area contributed by atoms with Gasteiger partial charge in [-0.15, -0.1) is 0 Å². The van der Waals surface area contributed by atoms with E-state index in [1.165, 1.54) is 0 Å². The smallest absolute Gasteiger partial charge is 0.250 e. The number of ether oxygens (including phenoxy) is 2. The Labute approximate surface area is 120 Å². The molecule has 0 unspecified atom stereocenters. The van der Waals surface area contributed by atoms with E-state index in [2.05, 4.69) is 12.2 Å². The second kappa shape index (κ2) is 9.34. The number of nitrogens with one attached hydrogen (secondary N) is 1. The third kappa shape index (κ3) is 6.54. The normalized spacial score (nSPS) is 10.5. The van der Waals surface area contributed by atoms with Crippen LogP contribution in [0.5, 0.6) is 0 Å². The first-order valence-electron chi connectivity index (χ1n) is 6.95. The van der Waals surface area contributed by atoms with Gasteiger partial charge in [0, 0.05) is 18.0 Å². The van der Waals surface area contributed by atoms with E-state index in [0.29, 0.717) is 18.9 Å². The van der Waals surface area contributed by atoms with Gasteiger partial charge in [-0.1, -0.05) is 13.3 Å². The van der Waals surface area contributed by atoms with Crippen LogP contribution in [0.25, 0.3) is 0 Å². The molecule has 20 heavy (non-hydrogen) atoms. The number of aryl methyl sites for hydroxylation is 1. The summed E-state index contributed by atoms with van der Waals surface area (Å²) in [6, 6.07) is 5.36. The molecule has 1 aromatic rings. The van der Waals surface area contributed by atoms with Gasteiger partial charge in [0.05, 0.1) is 13.2 Å². The minimum Gasteiger partial charge on any atom is -0.399 e. The Bertz CT molecular complexity index is 422. The van der Waals surface area contributed by atoms with Crippen LogP contribution in [0.1, 0.15) is 25.3 Å². The number of nitrogens with two attached hydrogens (primary N) is 1. The second-order valence-corrected chi connectivity index (χ2v) is 4.64. The second-order valence-electron chi connectivity index (χ2n) is 4.64. The van der Waals surface area contributed by atoms with Crippen LogP contribution in [0.3, 0.4) is 0 Å². The summed E-state index contributed by atoms with van der Waals surface area (Å²) in [7, 11) is 0. The summed E-state index contributed by atoms with van der Waals surface area (Å²) in [4.78, 5) is 11.7. The number of unbranched alkanes of at least 4 members (excludes halogenated alkanes) is 1. The lowest BCUT2D eigenvalue weighted by atomic mass is 10.2. The van der Waals surface area contributed by atoms with Crippen LogP contribution in [0.4, 0.5) is 11.4 Å². The van der Waals surface area contributed by atoms with Crippen LogP contribution < -0.4 is 11.1 Å². The van der Waals surface area contributed by atoms with E-state index >= 15 is 0 Å². The van der Waals surface area contributed by atoms with Crippen molar-refractivity contribution in [3.8, 4) is 0 Å². The van der Waals surface area contributed by atoms with E-state index < -0.39 is 0 Å². The lowest BCUT2D eigenvalue weighted by Crippen LogP contribution is -2.20. The molecule has 1 amide bonds. The average molecular weight is 280 g/mol. The number of carbonyl (C=O) groups is 1. The van der Waals surface area contributed by atoms with Crippen molar-refractivity contribution in [3.05, 3.63) is 23.8 Å². The number of amides is 1. The van der Waals surface area contributed by atoms with Gasteiger partial charge in [0.1, 0.15) is 6.61 Å². The molecule has 5 heteroatoms. The Morgan fingerprint density at radius 1 is 1.25 bits per heavy atom. The van der Waals surface area contributed by atoms with E-state index in [0.717, 1.165) is 30.7 Å². The fraction of sp³-hybridized carbons (Fsp3) is 0.533. The lowest BCUT2D eigenvalue weighted by Gasteiger charge is -2.09. The molecule has 1 aromatic carbocycles. The molecular weight excluding hydrogens is 256 g/mol. The molecule has 0 aliphatic heterocycles. The maximum absolute atomic E-state index is 11.7. The van der Waals surface area contributed by atoms with Crippen molar-refractivity contribution in [2.45, 2.75) is 26.7 Å². The Morgan fingerprint density at radius 2 is 2.00 bits per heavy atom.